The molecule has 0 aliphatic heterocycles. The maximum absolute atomic E-state index is 12.4. The van der Waals surface area contributed by atoms with Crippen LogP contribution < -0.4 is 5.32 Å². The molecule has 1 amide bonds. The van der Waals surface area contributed by atoms with Gasteiger partial charge in [-0.3, -0.25) is 4.79 Å². The largest absolute Gasteiger partial charge is 0.356 e. The zero-order valence-corrected chi connectivity index (χ0v) is 19.1. The molecule has 3 nitrogen and oxygen atoms in total. The lowest BCUT2D eigenvalue weighted by Crippen LogP contribution is -2.37. The summed E-state index contributed by atoms with van der Waals surface area (Å²) in [5.41, 5.74) is 0.474. The molecule has 154 valence electrons. The Morgan fingerprint density at radius 3 is 1.81 bits per heavy atom. The number of aldehydes is 1. The number of amides is 1. The highest BCUT2D eigenvalue weighted by atomic mass is 16.1. The van der Waals surface area contributed by atoms with Crippen LogP contribution in [0, 0.1) is 21.7 Å². The Morgan fingerprint density at radius 1 is 0.808 bits per heavy atom. The minimum absolute atomic E-state index is 0.0131. The van der Waals surface area contributed by atoms with Gasteiger partial charge >= 0.3 is 0 Å². The Labute approximate surface area is 163 Å². The summed E-state index contributed by atoms with van der Waals surface area (Å²) in [6, 6.07) is 0. The second-order valence-electron chi connectivity index (χ2n) is 11.4. The predicted octanol–water partition coefficient (Wildman–Crippen LogP) is 6.16. The van der Waals surface area contributed by atoms with Crippen molar-refractivity contribution in [2.75, 3.05) is 6.54 Å². The van der Waals surface area contributed by atoms with Crippen molar-refractivity contribution in [1.29, 1.82) is 0 Å². The maximum atomic E-state index is 12.4. The Morgan fingerprint density at radius 2 is 1.31 bits per heavy atom. The Kier molecular flexibility index (Phi) is 9.57. The summed E-state index contributed by atoms with van der Waals surface area (Å²) in [7, 11) is 0. The fraction of sp³-hybridized carbons (Fsp3) is 0.913. The van der Waals surface area contributed by atoms with Gasteiger partial charge in [0.15, 0.2) is 0 Å². The molecule has 0 atom stereocenters. The molecule has 0 fully saturated rings. The van der Waals surface area contributed by atoms with Gasteiger partial charge in [0.2, 0.25) is 5.91 Å². The van der Waals surface area contributed by atoms with Crippen LogP contribution in [-0.4, -0.2) is 18.7 Å². The molecule has 0 unspecified atom stereocenters. The number of nitrogens with one attached hydrogen (secondary N) is 1. The first-order chi connectivity index (χ1) is 11.6. The van der Waals surface area contributed by atoms with Gasteiger partial charge in [-0.15, -0.1) is 0 Å². The highest BCUT2D eigenvalue weighted by Crippen LogP contribution is 2.39. The molecule has 0 aliphatic rings. The second-order valence-corrected chi connectivity index (χ2v) is 11.4. The lowest BCUT2D eigenvalue weighted by atomic mass is 9.71. The molecule has 26 heavy (non-hydrogen) atoms. The normalized spacial score (nSPS) is 13.6. The molecule has 0 spiro atoms. The number of carbonyl (C=O) groups is 2. The third-order valence-corrected chi connectivity index (χ3v) is 5.27. The standard InChI is InChI=1S/C23H45NO2/c1-10-12-20(2,3)16-21(4,5)13-11-19(26)24-18-23(8,9)17-22(6,7)14-15-25/h15H,10-14,16-18H2,1-9H3,(H,24,26). The molecule has 0 rings (SSSR count). The van der Waals surface area contributed by atoms with Gasteiger partial charge in [0.25, 0.3) is 0 Å². The summed E-state index contributed by atoms with van der Waals surface area (Å²) >= 11 is 0. The summed E-state index contributed by atoms with van der Waals surface area (Å²) in [6.45, 7) is 20.7. The maximum Gasteiger partial charge on any atom is 0.220 e. The van der Waals surface area contributed by atoms with Crippen molar-refractivity contribution in [1.82, 2.24) is 5.32 Å². The lowest BCUT2D eigenvalue weighted by Gasteiger charge is -2.35. The van der Waals surface area contributed by atoms with Gasteiger partial charge in [0.1, 0.15) is 6.29 Å². The monoisotopic (exact) mass is 367 g/mol. The van der Waals surface area contributed by atoms with Gasteiger partial charge in [0.05, 0.1) is 0 Å². The number of rotatable bonds is 13. The quantitative estimate of drug-likeness (QED) is 0.396. The van der Waals surface area contributed by atoms with Crippen LogP contribution in [0.3, 0.4) is 0 Å². The average Bonchev–Trinajstić information content (AvgIpc) is 2.40. The van der Waals surface area contributed by atoms with E-state index in [1.54, 1.807) is 0 Å². The summed E-state index contributed by atoms with van der Waals surface area (Å²) in [5.74, 6) is 0.146. The van der Waals surface area contributed by atoms with E-state index in [1.807, 2.05) is 0 Å². The zero-order chi connectivity index (χ0) is 20.6. The van der Waals surface area contributed by atoms with Gasteiger partial charge in [-0.1, -0.05) is 68.7 Å². The fourth-order valence-electron chi connectivity index (χ4n) is 4.68. The molecule has 0 aromatic heterocycles. The summed E-state index contributed by atoms with van der Waals surface area (Å²) in [4.78, 5) is 23.2. The van der Waals surface area contributed by atoms with Crippen molar-refractivity contribution in [3.63, 3.8) is 0 Å². The van der Waals surface area contributed by atoms with Crippen molar-refractivity contribution in [3.05, 3.63) is 0 Å². The number of carbonyl (C=O) groups excluding carboxylic acids is 2. The minimum Gasteiger partial charge on any atom is -0.356 e. The van der Waals surface area contributed by atoms with Crippen molar-refractivity contribution in [2.45, 2.75) is 107 Å². The molecule has 0 saturated heterocycles. The topological polar surface area (TPSA) is 46.2 Å². The fourth-order valence-corrected chi connectivity index (χ4v) is 4.68. The van der Waals surface area contributed by atoms with Gasteiger partial charge in [-0.25, -0.2) is 0 Å². The highest BCUT2D eigenvalue weighted by molar-refractivity contribution is 5.75. The van der Waals surface area contributed by atoms with Crippen molar-refractivity contribution < 1.29 is 9.59 Å². The van der Waals surface area contributed by atoms with E-state index in [-0.39, 0.29) is 22.2 Å². The minimum atomic E-state index is -0.0250. The van der Waals surface area contributed by atoms with E-state index in [9.17, 15) is 9.59 Å². The smallest absolute Gasteiger partial charge is 0.220 e. The molecular formula is C23H45NO2. The van der Waals surface area contributed by atoms with E-state index in [0.717, 1.165) is 25.5 Å². The second kappa shape index (κ2) is 9.90. The van der Waals surface area contributed by atoms with Crippen molar-refractivity contribution in [2.24, 2.45) is 21.7 Å². The van der Waals surface area contributed by atoms with E-state index < -0.39 is 0 Å². The van der Waals surface area contributed by atoms with E-state index in [4.69, 9.17) is 0 Å². The van der Waals surface area contributed by atoms with Crippen LogP contribution in [0.5, 0.6) is 0 Å². The van der Waals surface area contributed by atoms with Crippen LogP contribution in [0.4, 0.5) is 0 Å². The third kappa shape index (κ3) is 11.7. The highest BCUT2D eigenvalue weighted by Gasteiger charge is 2.30. The number of hydrogen-bond acceptors (Lipinski definition) is 2. The summed E-state index contributed by atoms with van der Waals surface area (Å²) in [5, 5.41) is 3.12. The predicted molar refractivity (Wildman–Crippen MR) is 112 cm³/mol. The molecule has 0 aromatic rings. The van der Waals surface area contributed by atoms with Gasteiger partial charge in [0, 0.05) is 19.4 Å². The molecular weight excluding hydrogens is 322 g/mol. The van der Waals surface area contributed by atoms with Gasteiger partial charge in [-0.2, -0.15) is 0 Å². The molecule has 3 heteroatoms. The van der Waals surface area contributed by atoms with Crippen LogP contribution >= 0.6 is 0 Å². The molecule has 1 N–H and O–H groups in total. The van der Waals surface area contributed by atoms with Crippen LogP contribution in [0.1, 0.15) is 107 Å². The van der Waals surface area contributed by atoms with Gasteiger partial charge in [-0.05, 0) is 47.3 Å². The van der Waals surface area contributed by atoms with E-state index >= 15 is 0 Å². The van der Waals surface area contributed by atoms with E-state index in [2.05, 4.69) is 67.6 Å². The first-order valence-corrected chi connectivity index (χ1v) is 10.3. The van der Waals surface area contributed by atoms with Crippen LogP contribution in [-0.2, 0) is 9.59 Å². The van der Waals surface area contributed by atoms with Crippen LogP contribution in [0.15, 0.2) is 0 Å². The summed E-state index contributed by atoms with van der Waals surface area (Å²) < 4.78 is 0. The molecule has 0 aliphatic carbocycles. The Balaban J connectivity index is 4.43. The van der Waals surface area contributed by atoms with E-state index in [1.165, 1.54) is 12.8 Å². The average molecular weight is 368 g/mol. The zero-order valence-electron chi connectivity index (χ0n) is 19.1. The Hall–Kier alpha value is -0.860. The van der Waals surface area contributed by atoms with Gasteiger partial charge < -0.3 is 10.1 Å². The molecule has 0 radical (unpaired) electrons. The first kappa shape index (κ1) is 25.1. The van der Waals surface area contributed by atoms with Crippen LogP contribution in [0.25, 0.3) is 0 Å². The van der Waals surface area contributed by atoms with Crippen LogP contribution in [0.2, 0.25) is 0 Å². The molecule has 0 saturated carbocycles. The molecule has 0 heterocycles. The molecule has 0 aromatic carbocycles. The third-order valence-electron chi connectivity index (χ3n) is 5.27. The lowest BCUT2D eigenvalue weighted by molar-refractivity contribution is -0.122. The summed E-state index contributed by atoms with van der Waals surface area (Å²) in [6.07, 6.45) is 7.56. The Bertz CT molecular complexity index is 447. The SMILES string of the molecule is CCCC(C)(C)CC(C)(C)CCC(=O)NCC(C)(C)CC(C)(C)CC=O. The van der Waals surface area contributed by atoms with Crippen molar-refractivity contribution >= 4 is 12.2 Å². The number of hydrogen-bond donors (Lipinski definition) is 1. The van der Waals surface area contributed by atoms with Crippen molar-refractivity contribution in [3.8, 4) is 0 Å². The molecule has 0 bridgehead atoms. The van der Waals surface area contributed by atoms with E-state index in [0.29, 0.717) is 24.8 Å². The first-order valence-electron chi connectivity index (χ1n) is 10.3.